The third-order valence-electron chi connectivity index (χ3n) is 4.81. The number of hydrogen-bond donors (Lipinski definition) is 1. The van der Waals surface area contributed by atoms with Gasteiger partial charge in [-0.15, -0.1) is 0 Å². The fourth-order valence-electron chi connectivity index (χ4n) is 3.31. The third-order valence-corrected chi connectivity index (χ3v) is 7.84. The Morgan fingerprint density at radius 3 is 2.59 bits per heavy atom. The normalized spacial score (nSPS) is 16.7. The van der Waals surface area contributed by atoms with Gasteiger partial charge in [-0.1, -0.05) is 36.9 Å². The van der Waals surface area contributed by atoms with Crippen LogP contribution in [-0.2, 0) is 14.8 Å². The van der Waals surface area contributed by atoms with Gasteiger partial charge in [-0.3, -0.25) is 9.10 Å². The van der Waals surface area contributed by atoms with Gasteiger partial charge in [-0.05, 0) is 44.4 Å². The predicted octanol–water partition coefficient (Wildman–Crippen LogP) is 3.99. The minimum Gasteiger partial charge on any atom is -0.353 e. The molecule has 1 fully saturated rings. The Labute approximate surface area is 172 Å². The second kappa shape index (κ2) is 10.0. The van der Waals surface area contributed by atoms with E-state index in [9.17, 15) is 13.2 Å². The van der Waals surface area contributed by atoms with Crippen molar-refractivity contribution in [1.82, 2.24) is 5.32 Å². The number of nitrogens with zero attached hydrogens (tertiary/aromatic N) is 1. The summed E-state index contributed by atoms with van der Waals surface area (Å²) in [6, 6.07) is 4.16. The number of anilines is 1. The largest absolute Gasteiger partial charge is 0.353 e. The molecule has 0 heterocycles. The SMILES string of the molecule is Cc1ccc(N([C@H](C)C(=O)NCCSC2CCCCC2)S(C)(=O)=O)cc1Cl. The molecule has 0 radical (unpaired) electrons. The molecule has 1 N–H and O–H groups in total. The van der Waals surface area contributed by atoms with Crippen LogP contribution in [0.3, 0.4) is 0 Å². The van der Waals surface area contributed by atoms with Crippen molar-refractivity contribution in [2.45, 2.75) is 57.2 Å². The highest BCUT2D eigenvalue weighted by Crippen LogP contribution is 2.28. The lowest BCUT2D eigenvalue weighted by molar-refractivity contribution is -0.121. The van der Waals surface area contributed by atoms with Crippen LogP contribution in [0.1, 0.15) is 44.6 Å². The maximum atomic E-state index is 12.5. The number of benzene rings is 1. The summed E-state index contributed by atoms with van der Waals surface area (Å²) in [6.07, 6.45) is 7.53. The molecule has 1 amide bonds. The maximum absolute atomic E-state index is 12.5. The third kappa shape index (κ3) is 6.57. The molecule has 0 unspecified atom stereocenters. The van der Waals surface area contributed by atoms with Crippen molar-refractivity contribution in [2.75, 3.05) is 22.9 Å². The molecular formula is C19H29ClN2O3S2. The van der Waals surface area contributed by atoms with Gasteiger partial charge < -0.3 is 5.32 Å². The van der Waals surface area contributed by atoms with Crippen molar-refractivity contribution in [3.63, 3.8) is 0 Å². The monoisotopic (exact) mass is 432 g/mol. The number of amides is 1. The van der Waals surface area contributed by atoms with E-state index >= 15 is 0 Å². The molecule has 5 nitrogen and oxygen atoms in total. The first-order chi connectivity index (χ1) is 12.7. The summed E-state index contributed by atoms with van der Waals surface area (Å²) in [4.78, 5) is 12.5. The summed E-state index contributed by atoms with van der Waals surface area (Å²) >= 11 is 8.04. The molecule has 1 aliphatic rings. The Kier molecular flexibility index (Phi) is 8.31. The average Bonchev–Trinajstić information content (AvgIpc) is 2.61. The number of carbonyl (C=O) groups is 1. The number of rotatable bonds is 8. The van der Waals surface area contributed by atoms with Crippen LogP contribution in [0, 0.1) is 6.92 Å². The van der Waals surface area contributed by atoms with Gasteiger partial charge in [0.1, 0.15) is 6.04 Å². The van der Waals surface area contributed by atoms with Crippen molar-refractivity contribution >= 4 is 45.0 Å². The molecule has 2 rings (SSSR count). The molecule has 1 aromatic rings. The number of hydrogen-bond acceptors (Lipinski definition) is 4. The van der Waals surface area contributed by atoms with E-state index in [2.05, 4.69) is 5.32 Å². The zero-order valence-electron chi connectivity index (χ0n) is 16.2. The summed E-state index contributed by atoms with van der Waals surface area (Å²) in [5.41, 5.74) is 1.25. The van der Waals surface area contributed by atoms with Gasteiger partial charge in [-0.25, -0.2) is 8.42 Å². The van der Waals surface area contributed by atoms with Crippen molar-refractivity contribution in [1.29, 1.82) is 0 Å². The molecule has 0 aromatic heterocycles. The zero-order valence-corrected chi connectivity index (χ0v) is 18.6. The number of carbonyl (C=O) groups excluding carboxylic acids is 1. The van der Waals surface area contributed by atoms with E-state index in [1.165, 1.54) is 32.1 Å². The van der Waals surface area contributed by atoms with Gasteiger partial charge in [0.2, 0.25) is 15.9 Å². The van der Waals surface area contributed by atoms with Gasteiger partial charge in [0.05, 0.1) is 11.9 Å². The van der Waals surface area contributed by atoms with Gasteiger partial charge in [0.25, 0.3) is 0 Å². The summed E-state index contributed by atoms with van der Waals surface area (Å²) in [5, 5.41) is 4.03. The molecule has 1 aromatic carbocycles. The van der Waals surface area contributed by atoms with Gasteiger partial charge in [-0.2, -0.15) is 11.8 Å². The topological polar surface area (TPSA) is 66.5 Å². The minimum atomic E-state index is -3.63. The first-order valence-corrected chi connectivity index (χ1v) is 12.6. The highest BCUT2D eigenvalue weighted by atomic mass is 35.5. The van der Waals surface area contributed by atoms with E-state index in [1.807, 2.05) is 18.7 Å². The summed E-state index contributed by atoms with van der Waals surface area (Å²) < 4.78 is 25.7. The lowest BCUT2D eigenvalue weighted by Crippen LogP contribution is -2.48. The first-order valence-electron chi connectivity index (χ1n) is 9.35. The van der Waals surface area contributed by atoms with Crippen LogP contribution in [0.4, 0.5) is 5.69 Å². The van der Waals surface area contributed by atoms with Crippen molar-refractivity contribution in [3.05, 3.63) is 28.8 Å². The van der Waals surface area contributed by atoms with Gasteiger partial charge >= 0.3 is 0 Å². The van der Waals surface area contributed by atoms with E-state index < -0.39 is 16.1 Å². The fourth-order valence-corrected chi connectivity index (χ4v) is 5.87. The number of nitrogens with one attached hydrogen (secondary N) is 1. The Hall–Kier alpha value is -0.920. The van der Waals surface area contributed by atoms with E-state index in [1.54, 1.807) is 25.1 Å². The molecule has 0 spiro atoms. The highest BCUT2D eigenvalue weighted by molar-refractivity contribution is 7.99. The van der Waals surface area contributed by atoms with E-state index in [-0.39, 0.29) is 5.91 Å². The molecule has 0 aliphatic heterocycles. The van der Waals surface area contributed by atoms with Crippen molar-refractivity contribution in [2.24, 2.45) is 0 Å². The Bertz CT molecular complexity index is 749. The second-order valence-corrected chi connectivity index (χ2v) is 10.8. The molecule has 0 bridgehead atoms. The Morgan fingerprint density at radius 2 is 2.00 bits per heavy atom. The Balaban J connectivity index is 1.96. The minimum absolute atomic E-state index is 0.304. The van der Waals surface area contributed by atoms with Crippen LogP contribution in [0.2, 0.25) is 5.02 Å². The van der Waals surface area contributed by atoms with Crippen LogP contribution in [0.15, 0.2) is 18.2 Å². The fraction of sp³-hybridized carbons (Fsp3) is 0.632. The summed E-state index contributed by atoms with van der Waals surface area (Å²) in [7, 11) is -3.63. The molecule has 8 heteroatoms. The van der Waals surface area contributed by atoms with E-state index in [4.69, 9.17) is 11.6 Å². The zero-order chi connectivity index (χ0) is 20.0. The van der Waals surface area contributed by atoms with E-state index in [0.29, 0.717) is 22.5 Å². The van der Waals surface area contributed by atoms with Crippen LogP contribution >= 0.6 is 23.4 Å². The lowest BCUT2D eigenvalue weighted by atomic mass is 10.0. The molecule has 1 atom stereocenters. The molecular weight excluding hydrogens is 404 g/mol. The predicted molar refractivity (Wildman–Crippen MR) is 115 cm³/mol. The maximum Gasteiger partial charge on any atom is 0.243 e. The van der Waals surface area contributed by atoms with Gasteiger partial charge in [0.15, 0.2) is 0 Å². The number of sulfonamides is 1. The van der Waals surface area contributed by atoms with Crippen molar-refractivity contribution < 1.29 is 13.2 Å². The number of aryl methyl sites for hydroxylation is 1. The summed E-state index contributed by atoms with van der Waals surface area (Å²) in [6.45, 7) is 3.98. The first kappa shape index (κ1) is 22.4. The van der Waals surface area contributed by atoms with Crippen LogP contribution < -0.4 is 9.62 Å². The molecule has 27 heavy (non-hydrogen) atoms. The quantitative estimate of drug-likeness (QED) is 0.631. The smallest absolute Gasteiger partial charge is 0.243 e. The molecule has 0 saturated heterocycles. The lowest BCUT2D eigenvalue weighted by Gasteiger charge is -2.28. The van der Waals surface area contributed by atoms with Crippen LogP contribution in [0.25, 0.3) is 0 Å². The van der Waals surface area contributed by atoms with Crippen LogP contribution in [0.5, 0.6) is 0 Å². The van der Waals surface area contributed by atoms with E-state index in [0.717, 1.165) is 21.9 Å². The summed E-state index contributed by atoms with van der Waals surface area (Å²) in [5.74, 6) is 0.541. The van der Waals surface area contributed by atoms with Crippen molar-refractivity contribution in [3.8, 4) is 0 Å². The molecule has 1 aliphatic carbocycles. The molecule has 152 valence electrons. The Morgan fingerprint density at radius 1 is 1.33 bits per heavy atom. The average molecular weight is 433 g/mol. The van der Waals surface area contributed by atoms with Crippen LogP contribution in [-0.4, -0.2) is 44.2 Å². The highest BCUT2D eigenvalue weighted by Gasteiger charge is 2.29. The second-order valence-electron chi connectivity index (χ2n) is 7.09. The van der Waals surface area contributed by atoms with Gasteiger partial charge in [0, 0.05) is 22.6 Å². The number of thioether (sulfide) groups is 1. The number of halogens is 1. The standard InChI is InChI=1S/C19H29ClN2O3S2/c1-14-9-10-16(13-18(14)20)22(27(3,24)25)15(2)19(23)21-11-12-26-17-7-5-4-6-8-17/h9-10,13,15,17H,4-8,11-12H2,1-3H3,(H,21,23)/t15-/m1/s1. The molecule has 1 saturated carbocycles.